The number of aliphatic carboxylic acids is 1. The second kappa shape index (κ2) is 3.81. The topological polar surface area (TPSA) is 37.3 Å². The van der Waals surface area contributed by atoms with Gasteiger partial charge in [-0.1, -0.05) is 12.1 Å². The molecule has 3 saturated carbocycles. The number of fused-ring (bicyclic) bond motifs is 3. The standard InChI is InChI=1S/C15H17FO2/c16-12-3-1-2-11(10-12)14-4-7-15(8-5-14,9-6-14)13(17)18/h1-3,10H,4-9H2,(H,17,18). The molecule has 4 rings (SSSR count). The molecule has 2 nitrogen and oxygen atoms in total. The van der Waals surface area contributed by atoms with E-state index >= 15 is 0 Å². The normalized spacial score (nSPS) is 34.5. The molecule has 0 atom stereocenters. The number of hydrogen-bond acceptors (Lipinski definition) is 1. The molecular weight excluding hydrogens is 231 g/mol. The molecule has 0 unspecified atom stereocenters. The van der Waals surface area contributed by atoms with E-state index in [1.165, 1.54) is 6.07 Å². The molecule has 0 aromatic heterocycles. The average molecular weight is 248 g/mol. The predicted octanol–water partition coefficient (Wildman–Crippen LogP) is 3.50. The van der Waals surface area contributed by atoms with E-state index in [1.54, 1.807) is 12.1 Å². The summed E-state index contributed by atoms with van der Waals surface area (Å²) >= 11 is 0. The van der Waals surface area contributed by atoms with Crippen molar-refractivity contribution in [1.82, 2.24) is 0 Å². The molecule has 3 fully saturated rings. The number of benzene rings is 1. The Labute approximate surface area is 106 Å². The van der Waals surface area contributed by atoms with Crippen LogP contribution in [0, 0.1) is 11.2 Å². The maximum absolute atomic E-state index is 13.4. The van der Waals surface area contributed by atoms with Crippen molar-refractivity contribution in [2.75, 3.05) is 0 Å². The summed E-state index contributed by atoms with van der Waals surface area (Å²) < 4.78 is 13.4. The van der Waals surface area contributed by atoms with Crippen LogP contribution in [0.1, 0.15) is 44.1 Å². The van der Waals surface area contributed by atoms with Crippen LogP contribution in [0.4, 0.5) is 4.39 Å². The van der Waals surface area contributed by atoms with Crippen LogP contribution in [0.25, 0.3) is 0 Å². The Bertz CT molecular complexity index is 470. The highest BCUT2D eigenvalue weighted by molar-refractivity contribution is 5.75. The average Bonchev–Trinajstić information content (AvgIpc) is 2.41. The number of carbonyl (C=O) groups is 1. The van der Waals surface area contributed by atoms with E-state index in [0.29, 0.717) is 0 Å². The van der Waals surface area contributed by atoms with Crippen LogP contribution in [-0.4, -0.2) is 11.1 Å². The Balaban J connectivity index is 1.91. The van der Waals surface area contributed by atoms with Crippen LogP contribution in [0.2, 0.25) is 0 Å². The van der Waals surface area contributed by atoms with Gasteiger partial charge in [0, 0.05) is 0 Å². The summed E-state index contributed by atoms with van der Waals surface area (Å²) in [6.07, 6.45) is 4.84. The van der Waals surface area contributed by atoms with Crippen LogP contribution in [0.3, 0.4) is 0 Å². The lowest BCUT2D eigenvalue weighted by Gasteiger charge is -2.51. The maximum atomic E-state index is 13.4. The van der Waals surface area contributed by atoms with E-state index in [4.69, 9.17) is 0 Å². The molecule has 0 amide bonds. The summed E-state index contributed by atoms with van der Waals surface area (Å²) in [5.74, 6) is -0.836. The Kier molecular flexibility index (Phi) is 2.47. The Hall–Kier alpha value is -1.38. The number of hydrogen-bond donors (Lipinski definition) is 1. The zero-order valence-corrected chi connectivity index (χ0v) is 10.3. The minimum absolute atomic E-state index is 0.0271. The van der Waals surface area contributed by atoms with Gasteiger partial charge in [-0.25, -0.2) is 4.39 Å². The van der Waals surface area contributed by atoms with Gasteiger partial charge in [-0.15, -0.1) is 0 Å². The molecule has 0 saturated heterocycles. The SMILES string of the molecule is O=C(O)C12CCC(c3cccc(F)c3)(CC1)CC2. The van der Waals surface area contributed by atoms with Crippen LogP contribution >= 0.6 is 0 Å². The predicted molar refractivity (Wildman–Crippen MR) is 65.8 cm³/mol. The summed E-state index contributed by atoms with van der Waals surface area (Å²) in [6.45, 7) is 0. The van der Waals surface area contributed by atoms with Gasteiger partial charge in [-0.2, -0.15) is 0 Å². The van der Waals surface area contributed by atoms with Crippen molar-refractivity contribution < 1.29 is 14.3 Å². The van der Waals surface area contributed by atoms with Gasteiger partial charge >= 0.3 is 5.97 Å². The Morgan fingerprint density at radius 2 is 1.72 bits per heavy atom. The third-order valence-corrected chi connectivity index (χ3v) is 5.14. The van der Waals surface area contributed by atoms with Crippen molar-refractivity contribution in [3.05, 3.63) is 35.6 Å². The van der Waals surface area contributed by atoms with E-state index in [2.05, 4.69) is 0 Å². The monoisotopic (exact) mass is 248 g/mol. The minimum atomic E-state index is -0.643. The van der Waals surface area contributed by atoms with Gasteiger partial charge in [0.25, 0.3) is 0 Å². The molecule has 2 bridgehead atoms. The number of rotatable bonds is 2. The van der Waals surface area contributed by atoms with Gasteiger partial charge in [0.1, 0.15) is 5.82 Å². The second-order valence-electron chi connectivity index (χ2n) is 5.88. The molecular formula is C15H17FO2. The van der Waals surface area contributed by atoms with Gasteiger partial charge < -0.3 is 5.11 Å². The molecule has 1 aromatic carbocycles. The van der Waals surface area contributed by atoms with Gasteiger partial charge in [0.2, 0.25) is 0 Å². The summed E-state index contributed by atoms with van der Waals surface area (Å²) in [6, 6.07) is 6.83. The third-order valence-electron chi connectivity index (χ3n) is 5.14. The van der Waals surface area contributed by atoms with Gasteiger partial charge in [-0.05, 0) is 61.6 Å². The molecule has 3 aliphatic rings. The first-order chi connectivity index (χ1) is 8.56. The lowest BCUT2D eigenvalue weighted by Crippen LogP contribution is -2.47. The zero-order chi connectivity index (χ0) is 12.8. The lowest BCUT2D eigenvalue weighted by molar-refractivity contribution is -0.156. The summed E-state index contributed by atoms with van der Waals surface area (Å²) in [4.78, 5) is 11.4. The van der Waals surface area contributed by atoms with E-state index < -0.39 is 11.4 Å². The highest BCUT2D eigenvalue weighted by Crippen LogP contribution is 2.57. The smallest absolute Gasteiger partial charge is 0.309 e. The van der Waals surface area contributed by atoms with E-state index in [-0.39, 0.29) is 11.2 Å². The number of carboxylic acid groups (broad SMARTS) is 1. The van der Waals surface area contributed by atoms with Gasteiger partial charge in [-0.3, -0.25) is 4.79 Å². The molecule has 96 valence electrons. The number of carboxylic acids is 1. The first-order valence-corrected chi connectivity index (χ1v) is 6.56. The maximum Gasteiger partial charge on any atom is 0.309 e. The lowest BCUT2D eigenvalue weighted by atomic mass is 9.52. The van der Waals surface area contributed by atoms with Crippen molar-refractivity contribution in [3.63, 3.8) is 0 Å². The van der Waals surface area contributed by atoms with Crippen LogP contribution in [0.5, 0.6) is 0 Å². The first-order valence-electron chi connectivity index (χ1n) is 6.56. The van der Waals surface area contributed by atoms with Crippen LogP contribution < -0.4 is 0 Å². The fraction of sp³-hybridized carbons (Fsp3) is 0.533. The van der Waals surface area contributed by atoms with Crippen LogP contribution in [0.15, 0.2) is 24.3 Å². The molecule has 3 aliphatic carbocycles. The van der Waals surface area contributed by atoms with Gasteiger partial charge in [0.15, 0.2) is 0 Å². The summed E-state index contributed by atoms with van der Waals surface area (Å²) in [5, 5.41) is 9.35. The molecule has 3 heteroatoms. The molecule has 0 radical (unpaired) electrons. The summed E-state index contributed by atoms with van der Waals surface area (Å²) in [5.41, 5.74) is 0.593. The largest absolute Gasteiger partial charge is 0.481 e. The highest BCUT2D eigenvalue weighted by atomic mass is 19.1. The van der Waals surface area contributed by atoms with E-state index in [1.807, 2.05) is 6.07 Å². The van der Waals surface area contributed by atoms with Crippen molar-refractivity contribution in [3.8, 4) is 0 Å². The Morgan fingerprint density at radius 3 is 2.22 bits per heavy atom. The van der Waals surface area contributed by atoms with Gasteiger partial charge in [0.05, 0.1) is 5.41 Å². The van der Waals surface area contributed by atoms with E-state index in [9.17, 15) is 14.3 Å². The van der Waals surface area contributed by atoms with Crippen LogP contribution in [-0.2, 0) is 10.2 Å². The second-order valence-corrected chi connectivity index (χ2v) is 5.88. The third kappa shape index (κ3) is 1.57. The fourth-order valence-electron chi connectivity index (χ4n) is 3.76. The summed E-state index contributed by atoms with van der Waals surface area (Å²) in [7, 11) is 0. The molecule has 1 aromatic rings. The zero-order valence-electron chi connectivity index (χ0n) is 10.3. The van der Waals surface area contributed by atoms with Crippen molar-refractivity contribution in [2.24, 2.45) is 5.41 Å². The van der Waals surface area contributed by atoms with Crippen molar-refractivity contribution >= 4 is 5.97 Å². The first kappa shape index (κ1) is 11.7. The number of halogens is 1. The molecule has 0 heterocycles. The Morgan fingerprint density at radius 1 is 1.11 bits per heavy atom. The molecule has 18 heavy (non-hydrogen) atoms. The fourth-order valence-corrected chi connectivity index (χ4v) is 3.76. The quantitative estimate of drug-likeness (QED) is 0.869. The highest BCUT2D eigenvalue weighted by Gasteiger charge is 2.53. The molecule has 1 N–H and O–H groups in total. The minimum Gasteiger partial charge on any atom is -0.481 e. The van der Waals surface area contributed by atoms with E-state index in [0.717, 1.165) is 44.1 Å². The molecule has 0 aliphatic heterocycles. The van der Waals surface area contributed by atoms with Crippen molar-refractivity contribution in [1.29, 1.82) is 0 Å². The molecule has 0 spiro atoms. The van der Waals surface area contributed by atoms with Crippen molar-refractivity contribution in [2.45, 2.75) is 43.9 Å².